The number of aromatic nitrogens is 1. The Morgan fingerprint density at radius 1 is 1.44 bits per heavy atom. The van der Waals surface area contributed by atoms with Crippen molar-refractivity contribution in [2.75, 3.05) is 12.8 Å². The SMILES string of the molecule is COc1cc([N+](=O)[O-])c(/C=N\NC(=O)c2ccc3nc(N)sc3c2)cc1O. The Kier molecular flexibility index (Phi) is 4.86. The minimum atomic E-state index is -0.646. The zero-order valence-corrected chi connectivity index (χ0v) is 14.7. The number of aromatic hydroxyl groups is 1. The third-order valence-corrected chi connectivity index (χ3v) is 4.41. The smallest absolute Gasteiger partial charge is 0.282 e. The highest BCUT2D eigenvalue weighted by atomic mass is 32.1. The van der Waals surface area contributed by atoms with Crippen molar-refractivity contribution >= 4 is 44.5 Å². The number of nitrogens with two attached hydrogens (primary N) is 1. The molecule has 0 aliphatic heterocycles. The highest BCUT2D eigenvalue weighted by molar-refractivity contribution is 7.22. The van der Waals surface area contributed by atoms with E-state index in [1.165, 1.54) is 18.4 Å². The summed E-state index contributed by atoms with van der Waals surface area (Å²) in [6, 6.07) is 7.04. The van der Waals surface area contributed by atoms with Crippen LogP contribution in [0.1, 0.15) is 15.9 Å². The number of nitrogen functional groups attached to an aromatic ring is 1. The molecule has 0 atom stereocenters. The normalized spacial score (nSPS) is 11.0. The van der Waals surface area contributed by atoms with Crippen molar-refractivity contribution in [1.82, 2.24) is 10.4 Å². The third-order valence-electron chi connectivity index (χ3n) is 3.56. The number of hydrazone groups is 1. The average molecular weight is 387 g/mol. The van der Waals surface area contributed by atoms with Crippen LogP contribution in [0.2, 0.25) is 0 Å². The van der Waals surface area contributed by atoms with Crippen molar-refractivity contribution in [3.05, 3.63) is 51.6 Å². The molecule has 1 heterocycles. The molecule has 0 bridgehead atoms. The van der Waals surface area contributed by atoms with Crippen LogP contribution in [0.25, 0.3) is 10.2 Å². The first-order valence-electron chi connectivity index (χ1n) is 7.44. The number of carbonyl (C=O) groups excluding carboxylic acids is 1. The van der Waals surface area contributed by atoms with Gasteiger partial charge in [-0.15, -0.1) is 0 Å². The number of anilines is 1. The van der Waals surface area contributed by atoms with Gasteiger partial charge in [-0.25, -0.2) is 10.4 Å². The second-order valence-corrected chi connectivity index (χ2v) is 6.34. The molecular formula is C16H13N5O5S. The van der Waals surface area contributed by atoms with E-state index in [1.807, 2.05) is 0 Å². The van der Waals surface area contributed by atoms with Crippen LogP contribution in [0, 0.1) is 10.1 Å². The fraction of sp³-hybridized carbons (Fsp3) is 0.0625. The Labute approximate surface area is 156 Å². The van der Waals surface area contributed by atoms with E-state index in [0.29, 0.717) is 16.2 Å². The Hall–Kier alpha value is -3.73. The minimum Gasteiger partial charge on any atom is -0.504 e. The van der Waals surface area contributed by atoms with Gasteiger partial charge in [0, 0.05) is 5.56 Å². The van der Waals surface area contributed by atoms with E-state index in [-0.39, 0.29) is 22.7 Å². The predicted molar refractivity (Wildman–Crippen MR) is 100 cm³/mol. The molecule has 1 aromatic heterocycles. The molecule has 0 aliphatic carbocycles. The van der Waals surface area contributed by atoms with Crippen LogP contribution in [0.5, 0.6) is 11.5 Å². The fourth-order valence-electron chi connectivity index (χ4n) is 2.31. The number of rotatable bonds is 5. The van der Waals surface area contributed by atoms with E-state index in [1.54, 1.807) is 18.2 Å². The third kappa shape index (κ3) is 3.77. The monoisotopic (exact) mass is 387 g/mol. The van der Waals surface area contributed by atoms with Gasteiger partial charge in [-0.05, 0) is 24.3 Å². The van der Waals surface area contributed by atoms with Crippen molar-refractivity contribution in [2.24, 2.45) is 5.10 Å². The summed E-state index contributed by atoms with van der Waals surface area (Å²) in [4.78, 5) is 26.8. The van der Waals surface area contributed by atoms with E-state index < -0.39 is 10.8 Å². The second-order valence-electron chi connectivity index (χ2n) is 5.27. The molecule has 10 nitrogen and oxygen atoms in total. The molecule has 0 spiro atoms. The van der Waals surface area contributed by atoms with Crippen LogP contribution in [0.4, 0.5) is 10.8 Å². The van der Waals surface area contributed by atoms with Gasteiger partial charge < -0.3 is 15.6 Å². The maximum Gasteiger partial charge on any atom is 0.282 e. The number of ether oxygens (including phenoxy) is 1. The summed E-state index contributed by atoms with van der Waals surface area (Å²) < 4.78 is 5.60. The van der Waals surface area contributed by atoms with Crippen LogP contribution in [0.3, 0.4) is 0 Å². The van der Waals surface area contributed by atoms with Gasteiger partial charge in [0.2, 0.25) is 0 Å². The van der Waals surface area contributed by atoms with Gasteiger partial charge in [0.1, 0.15) is 0 Å². The molecule has 27 heavy (non-hydrogen) atoms. The lowest BCUT2D eigenvalue weighted by atomic mass is 10.1. The Morgan fingerprint density at radius 2 is 2.22 bits per heavy atom. The lowest BCUT2D eigenvalue weighted by molar-refractivity contribution is -0.385. The molecule has 0 fully saturated rings. The van der Waals surface area contributed by atoms with Gasteiger partial charge in [0.25, 0.3) is 11.6 Å². The number of amides is 1. The quantitative estimate of drug-likeness (QED) is 0.345. The highest BCUT2D eigenvalue weighted by Gasteiger charge is 2.17. The van der Waals surface area contributed by atoms with Crippen molar-refractivity contribution in [3.8, 4) is 11.5 Å². The zero-order chi connectivity index (χ0) is 19.6. The molecule has 2 aromatic carbocycles. The zero-order valence-electron chi connectivity index (χ0n) is 13.9. The number of carbonyl (C=O) groups is 1. The van der Waals surface area contributed by atoms with Crippen molar-refractivity contribution in [3.63, 3.8) is 0 Å². The molecule has 0 radical (unpaired) electrons. The number of phenolic OH excluding ortho intramolecular Hbond substituents is 1. The van der Waals surface area contributed by atoms with Crippen molar-refractivity contribution in [1.29, 1.82) is 0 Å². The first-order valence-corrected chi connectivity index (χ1v) is 8.25. The second kappa shape index (κ2) is 7.25. The molecule has 138 valence electrons. The van der Waals surface area contributed by atoms with Crippen LogP contribution < -0.4 is 15.9 Å². The number of hydrogen-bond acceptors (Lipinski definition) is 9. The van der Waals surface area contributed by atoms with Crippen LogP contribution in [0.15, 0.2) is 35.4 Å². The summed E-state index contributed by atoms with van der Waals surface area (Å²) in [5.74, 6) is -0.843. The number of hydrogen-bond donors (Lipinski definition) is 3. The van der Waals surface area contributed by atoms with Gasteiger partial charge in [-0.1, -0.05) is 11.3 Å². The van der Waals surface area contributed by atoms with Crippen LogP contribution in [-0.4, -0.2) is 34.2 Å². The first-order chi connectivity index (χ1) is 12.9. The molecule has 11 heteroatoms. The number of nitro groups is 1. The maximum atomic E-state index is 12.2. The number of phenols is 1. The summed E-state index contributed by atoms with van der Waals surface area (Å²) in [6.07, 6.45) is 1.07. The predicted octanol–water partition coefficient (Wildman–Crippen LogP) is 2.26. The van der Waals surface area contributed by atoms with E-state index in [2.05, 4.69) is 15.5 Å². The summed E-state index contributed by atoms with van der Waals surface area (Å²) in [5, 5.41) is 25.0. The Bertz CT molecular complexity index is 1080. The van der Waals surface area contributed by atoms with E-state index >= 15 is 0 Å². The largest absolute Gasteiger partial charge is 0.504 e. The standard InChI is InChI=1S/C16H13N5O5S/c1-26-13-6-11(21(24)25)9(4-12(13)22)7-18-20-15(23)8-2-3-10-14(5-8)27-16(17)19-10/h2-7,22H,1H3,(H2,17,19)(H,20,23)/b18-7-. The van der Waals surface area contributed by atoms with E-state index in [4.69, 9.17) is 10.5 Å². The highest BCUT2D eigenvalue weighted by Crippen LogP contribution is 2.32. The van der Waals surface area contributed by atoms with Gasteiger partial charge >= 0.3 is 0 Å². The molecular weight excluding hydrogens is 374 g/mol. The number of nitro benzene ring substituents is 1. The van der Waals surface area contributed by atoms with E-state index in [9.17, 15) is 20.0 Å². The molecule has 0 aliphatic rings. The van der Waals surface area contributed by atoms with Crippen molar-refractivity contribution < 1.29 is 19.6 Å². The van der Waals surface area contributed by atoms with Crippen molar-refractivity contribution in [2.45, 2.75) is 0 Å². The van der Waals surface area contributed by atoms with Gasteiger partial charge in [0.15, 0.2) is 16.6 Å². The first kappa shape index (κ1) is 18.1. The summed E-state index contributed by atoms with van der Waals surface area (Å²) in [5.41, 5.74) is 8.60. The molecule has 0 saturated heterocycles. The number of nitrogens with one attached hydrogen (secondary N) is 1. The summed E-state index contributed by atoms with van der Waals surface area (Å²) in [7, 11) is 1.28. The molecule has 3 rings (SSSR count). The number of thiazole rings is 1. The summed E-state index contributed by atoms with van der Waals surface area (Å²) in [6.45, 7) is 0. The number of benzene rings is 2. The lowest BCUT2D eigenvalue weighted by Crippen LogP contribution is -2.17. The molecule has 3 aromatic rings. The lowest BCUT2D eigenvalue weighted by Gasteiger charge is -2.05. The Morgan fingerprint density at radius 3 is 2.93 bits per heavy atom. The average Bonchev–Trinajstić information content (AvgIpc) is 3.00. The minimum absolute atomic E-state index is 0.00397. The molecule has 0 unspecified atom stereocenters. The maximum absolute atomic E-state index is 12.2. The summed E-state index contributed by atoms with van der Waals surface area (Å²) >= 11 is 1.25. The van der Waals surface area contributed by atoms with Gasteiger partial charge in [-0.3, -0.25) is 14.9 Å². The van der Waals surface area contributed by atoms with Gasteiger partial charge in [-0.2, -0.15) is 5.10 Å². The molecule has 0 saturated carbocycles. The number of methoxy groups -OCH3 is 1. The van der Waals surface area contributed by atoms with Crippen LogP contribution in [-0.2, 0) is 0 Å². The van der Waals surface area contributed by atoms with Crippen LogP contribution >= 0.6 is 11.3 Å². The number of nitrogens with zero attached hydrogens (tertiary/aromatic N) is 3. The Balaban J connectivity index is 1.80. The molecule has 1 amide bonds. The van der Waals surface area contributed by atoms with Gasteiger partial charge in [0.05, 0.1) is 40.1 Å². The topological polar surface area (TPSA) is 153 Å². The molecule has 4 N–H and O–H groups in total. The van der Waals surface area contributed by atoms with E-state index in [0.717, 1.165) is 23.0 Å². The number of fused-ring (bicyclic) bond motifs is 1. The fourth-order valence-corrected chi connectivity index (χ4v) is 3.08.